The zero-order valence-corrected chi connectivity index (χ0v) is 7.73. The average molecular weight is 187 g/mol. The van der Waals surface area contributed by atoms with E-state index in [0.717, 1.165) is 6.26 Å². The summed E-state index contributed by atoms with van der Waals surface area (Å²) in [5, 5.41) is 8.67. The molecule has 0 saturated heterocycles. The Balaban J connectivity index is 2.97. The van der Waals surface area contributed by atoms with Crippen molar-refractivity contribution in [1.29, 1.82) is 5.26 Å². The lowest BCUT2D eigenvalue weighted by Gasteiger charge is -1.97. The molecule has 0 aliphatic carbocycles. The Morgan fingerprint density at radius 3 is 2.57 bits per heavy atom. The molecular weight excluding hydrogens is 178 g/mol. The van der Waals surface area contributed by atoms with E-state index in [2.05, 4.69) is 4.74 Å². The van der Waals surface area contributed by atoms with Crippen molar-refractivity contribution in [1.82, 2.24) is 0 Å². The first-order valence-electron chi connectivity index (χ1n) is 4.02. The summed E-state index contributed by atoms with van der Waals surface area (Å²) in [5.74, 6) is -0.324. The average Bonchev–Trinajstić information content (AvgIpc) is 2.26. The van der Waals surface area contributed by atoms with Gasteiger partial charge in [0.2, 0.25) is 5.78 Å². The molecule has 3 heteroatoms. The second-order valence-electron chi connectivity index (χ2n) is 2.57. The minimum atomic E-state index is -0.324. The largest absolute Gasteiger partial charge is 0.503 e. The molecule has 0 heterocycles. The molecule has 0 unspecified atom stereocenters. The molecule has 1 rings (SSSR count). The number of allylic oxidation sites excluding steroid dienone is 1. The fourth-order valence-corrected chi connectivity index (χ4v) is 0.994. The van der Waals surface area contributed by atoms with Crippen LogP contribution in [0.15, 0.2) is 42.2 Å². The molecular formula is C11H9NO2. The molecule has 3 nitrogen and oxygen atoms in total. The van der Waals surface area contributed by atoms with Crippen molar-refractivity contribution < 1.29 is 9.53 Å². The van der Waals surface area contributed by atoms with Crippen molar-refractivity contribution in [3.05, 3.63) is 47.7 Å². The van der Waals surface area contributed by atoms with Crippen LogP contribution in [0.2, 0.25) is 0 Å². The molecule has 0 aromatic heterocycles. The van der Waals surface area contributed by atoms with E-state index in [1.165, 1.54) is 7.11 Å². The Morgan fingerprint density at radius 1 is 1.43 bits per heavy atom. The number of ketones is 1. The quantitative estimate of drug-likeness (QED) is 0.314. The summed E-state index contributed by atoms with van der Waals surface area (Å²) in [7, 11) is 1.40. The summed E-state index contributed by atoms with van der Waals surface area (Å²) in [6.07, 6.45) is 1.15. The topological polar surface area (TPSA) is 50.1 Å². The highest BCUT2D eigenvalue weighted by molar-refractivity contribution is 6.11. The van der Waals surface area contributed by atoms with Gasteiger partial charge in [-0.05, 0) is 0 Å². The molecule has 0 atom stereocenters. The second kappa shape index (κ2) is 4.83. The number of carbonyl (C=O) groups excluding carboxylic acids is 1. The van der Waals surface area contributed by atoms with E-state index in [-0.39, 0.29) is 11.4 Å². The van der Waals surface area contributed by atoms with Crippen LogP contribution in [0.4, 0.5) is 0 Å². The summed E-state index contributed by atoms with van der Waals surface area (Å²) in [6.45, 7) is 0. The van der Waals surface area contributed by atoms with Crippen molar-refractivity contribution in [3.63, 3.8) is 0 Å². The highest BCUT2D eigenvalue weighted by Crippen LogP contribution is 2.07. The molecule has 70 valence electrons. The van der Waals surface area contributed by atoms with Crippen LogP contribution in [0.3, 0.4) is 0 Å². The molecule has 0 aliphatic heterocycles. The fourth-order valence-electron chi connectivity index (χ4n) is 0.994. The number of methoxy groups -OCH3 is 1. The van der Waals surface area contributed by atoms with Crippen molar-refractivity contribution in [2.45, 2.75) is 0 Å². The Bertz CT molecular complexity index is 387. The van der Waals surface area contributed by atoms with Crippen molar-refractivity contribution in [2.24, 2.45) is 0 Å². The van der Waals surface area contributed by atoms with E-state index in [1.54, 1.807) is 30.3 Å². The van der Waals surface area contributed by atoms with Crippen LogP contribution in [0, 0.1) is 11.3 Å². The van der Waals surface area contributed by atoms with Gasteiger partial charge >= 0.3 is 0 Å². The molecule has 1 aromatic rings. The maximum Gasteiger partial charge on any atom is 0.206 e. The van der Waals surface area contributed by atoms with Crippen LogP contribution < -0.4 is 0 Å². The van der Waals surface area contributed by atoms with Gasteiger partial charge in [-0.2, -0.15) is 5.26 Å². The number of benzene rings is 1. The molecule has 0 radical (unpaired) electrons. The van der Waals surface area contributed by atoms with Crippen LogP contribution in [-0.2, 0) is 4.74 Å². The first kappa shape index (κ1) is 10.0. The Kier molecular flexibility index (Phi) is 3.45. The van der Waals surface area contributed by atoms with E-state index in [4.69, 9.17) is 5.26 Å². The normalized spacial score (nSPS) is 10.4. The number of carbonyl (C=O) groups is 1. The highest BCUT2D eigenvalue weighted by Gasteiger charge is 2.11. The maximum absolute atomic E-state index is 11.6. The third-order valence-corrected chi connectivity index (χ3v) is 1.64. The van der Waals surface area contributed by atoms with Crippen molar-refractivity contribution in [2.75, 3.05) is 7.11 Å². The summed E-state index contributed by atoms with van der Waals surface area (Å²) in [4.78, 5) is 11.6. The number of hydrogen-bond donors (Lipinski definition) is 0. The van der Waals surface area contributed by atoms with Gasteiger partial charge in [-0.1, -0.05) is 30.3 Å². The fraction of sp³-hybridized carbons (Fsp3) is 0.0909. The summed E-state index contributed by atoms with van der Waals surface area (Å²) in [6, 6.07) is 10.4. The predicted octanol–water partition coefficient (Wildman–Crippen LogP) is 1.92. The molecule has 0 fully saturated rings. The Morgan fingerprint density at radius 2 is 2.07 bits per heavy atom. The predicted molar refractivity (Wildman–Crippen MR) is 51.5 cm³/mol. The lowest BCUT2D eigenvalue weighted by atomic mass is 10.1. The number of Topliss-reactive ketones (excluding diaryl/α,β-unsaturated/α-hetero) is 1. The second-order valence-corrected chi connectivity index (χ2v) is 2.57. The minimum Gasteiger partial charge on any atom is -0.503 e. The summed E-state index contributed by atoms with van der Waals surface area (Å²) in [5.41, 5.74) is 0.482. The molecule has 0 bridgehead atoms. The summed E-state index contributed by atoms with van der Waals surface area (Å²) < 4.78 is 4.63. The Hall–Kier alpha value is -2.08. The standard InChI is InChI=1S/C11H9NO2/c1-14-8-10(7-12)11(13)9-5-3-2-4-6-9/h2-6,8H,1H3/b10-8+. The lowest BCUT2D eigenvalue weighted by molar-refractivity contribution is 0.103. The van der Waals surface area contributed by atoms with Gasteiger partial charge in [0.15, 0.2) is 0 Å². The third kappa shape index (κ3) is 2.20. The number of ether oxygens (including phenoxy) is 1. The van der Waals surface area contributed by atoms with Gasteiger partial charge in [0.1, 0.15) is 17.9 Å². The molecule has 1 aromatic carbocycles. The van der Waals surface area contributed by atoms with Crippen LogP contribution in [0.1, 0.15) is 10.4 Å². The summed E-state index contributed by atoms with van der Waals surface area (Å²) >= 11 is 0. The van der Waals surface area contributed by atoms with E-state index in [1.807, 2.05) is 6.07 Å². The number of hydrogen-bond acceptors (Lipinski definition) is 3. The van der Waals surface area contributed by atoms with Gasteiger partial charge in [0.25, 0.3) is 0 Å². The lowest BCUT2D eigenvalue weighted by Crippen LogP contribution is -2.01. The first-order valence-corrected chi connectivity index (χ1v) is 4.02. The molecule has 14 heavy (non-hydrogen) atoms. The van der Waals surface area contributed by atoms with Crippen molar-refractivity contribution in [3.8, 4) is 6.07 Å². The van der Waals surface area contributed by atoms with E-state index < -0.39 is 0 Å². The van der Waals surface area contributed by atoms with E-state index >= 15 is 0 Å². The molecule has 0 N–H and O–H groups in total. The van der Waals surface area contributed by atoms with Gasteiger partial charge < -0.3 is 4.74 Å². The monoisotopic (exact) mass is 187 g/mol. The van der Waals surface area contributed by atoms with Crippen LogP contribution in [0.25, 0.3) is 0 Å². The zero-order valence-electron chi connectivity index (χ0n) is 7.73. The first-order chi connectivity index (χ1) is 6.79. The molecule has 0 saturated carbocycles. The minimum absolute atomic E-state index is 0.00120. The Labute approximate surface area is 82.2 Å². The van der Waals surface area contributed by atoms with Gasteiger partial charge in [0.05, 0.1) is 7.11 Å². The van der Waals surface area contributed by atoms with Gasteiger partial charge in [-0.15, -0.1) is 0 Å². The third-order valence-electron chi connectivity index (χ3n) is 1.64. The van der Waals surface area contributed by atoms with Crippen LogP contribution in [0.5, 0.6) is 0 Å². The smallest absolute Gasteiger partial charge is 0.206 e. The number of nitrogens with zero attached hydrogens (tertiary/aromatic N) is 1. The molecule has 0 amide bonds. The molecule has 0 spiro atoms. The number of nitriles is 1. The van der Waals surface area contributed by atoms with Gasteiger partial charge in [-0.25, -0.2) is 0 Å². The zero-order chi connectivity index (χ0) is 10.4. The van der Waals surface area contributed by atoms with Gasteiger partial charge in [0, 0.05) is 5.56 Å². The van der Waals surface area contributed by atoms with Crippen LogP contribution >= 0.6 is 0 Å². The SMILES string of the molecule is CO/C=C(\C#N)C(=O)c1ccccc1. The maximum atomic E-state index is 11.6. The van der Waals surface area contributed by atoms with E-state index in [0.29, 0.717) is 5.56 Å². The van der Waals surface area contributed by atoms with Gasteiger partial charge in [-0.3, -0.25) is 4.79 Å². The van der Waals surface area contributed by atoms with Crippen LogP contribution in [-0.4, -0.2) is 12.9 Å². The molecule has 0 aliphatic rings. The number of rotatable bonds is 3. The van der Waals surface area contributed by atoms with E-state index in [9.17, 15) is 4.79 Å². The highest BCUT2D eigenvalue weighted by atomic mass is 16.5. The van der Waals surface area contributed by atoms with Crippen molar-refractivity contribution >= 4 is 5.78 Å².